The molecule has 4 heteroatoms. The van der Waals surface area contributed by atoms with Crippen molar-refractivity contribution in [1.82, 2.24) is 10.3 Å². The Kier molecular flexibility index (Phi) is 5.62. The molecule has 0 atom stereocenters. The van der Waals surface area contributed by atoms with Crippen molar-refractivity contribution in [3.05, 3.63) is 15.5 Å². The average Bonchev–Trinajstić information content (AvgIpc) is 2.58. The summed E-state index contributed by atoms with van der Waals surface area (Å²) < 4.78 is 0.745. The predicted molar refractivity (Wildman–Crippen MR) is 61.5 cm³/mol. The molecule has 0 aromatic carbocycles. The third-order valence-corrected chi connectivity index (χ3v) is 2.84. The number of nitrogens with one attached hydrogen (secondary N) is 1. The first-order valence-corrected chi connectivity index (χ1v) is 5.77. The topological polar surface area (TPSA) is 24.9 Å². The summed E-state index contributed by atoms with van der Waals surface area (Å²) in [5.74, 6) is 2.62. The summed E-state index contributed by atoms with van der Waals surface area (Å²) in [6.07, 6.45) is 9.89. The fourth-order valence-electron chi connectivity index (χ4n) is 1.04. The van der Waals surface area contributed by atoms with E-state index in [1.807, 2.05) is 0 Å². The van der Waals surface area contributed by atoms with E-state index < -0.39 is 0 Å². The second-order valence-corrected chi connectivity index (χ2v) is 4.64. The van der Waals surface area contributed by atoms with Gasteiger partial charge in [0.2, 0.25) is 0 Å². The summed E-state index contributed by atoms with van der Waals surface area (Å²) in [4.78, 5) is 4.14. The molecule has 0 unspecified atom stereocenters. The molecule has 1 aromatic rings. The van der Waals surface area contributed by atoms with Gasteiger partial charge in [-0.15, -0.1) is 23.7 Å². The fourth-order valence-corrected chi connectivity index (χ4v) is 1.97. The highest BCUT2D eigenvalue weighted by atomic mass is 35.5. The third-order valence-electron chi connectivity index (χ3n) is 1.73. The van der Waals surface area contributed by atoms with Crippen LogP contribution in [0.3, 0.4) is 0 Å². The van der Waals surface area contributed by atoms with Gasteiger partial charge in [0.05, 0.1) is 6.20 Å². The molecule has 14 heavy (non-hydrogen) atoms. The largest absolute Gasteiger partial charge is 0.310 e. The highest BCUT2D eigenvalue weighted by Crippen LogP contribution is 2.17. The zero-order valence-corrected chi connectivity index (χ0v) is 9.50. The number of halogens is 1. The van der Waals surface area contributed by atoms with E-state index in [9.17, 15) is 0 Å². The van der Waals surface area contributed by atoms with E-state index in [1.54, 1.807) is 6.20 Å². The minimum Gasteiger partial charge on any atom is -0.310 e. The van der Waals surface area contributed by atoms with E-state index in [1.165, 1.54) is 11.3 Å². The van der Waals surface area contributed by atoms with E-state index in [0.29, 0.717) is 0 Å². The highest BCUT2D eigenvalue weighted by molar-refractivity contribution is 7.15. The molecule has 0 saturated heterocycles. The van der Waals surface area contributed by atoms with Crippen LogP contribution in [0.5, 0.6) is 0 Å². The van der Waals surface area contributed by atoms with Crippen LogP contribution in [0.15, 0.2) is 6.20 Å². The van der Waals surface area contributed by atoms with E-state index in [-0.39, 0.29) is 0 Å². The predicted octanol–water partition coefficient (Wildman–Crippen LogP) is 2.69. The molecule has 1 aromatic heterocycles. The first kappa shape index (κ1) is 11.5. The number of hydrogen-bond acceptors (Lipinski definition) is 3. The minimum atomic E-state index is 0.745. The van der Waals surface area contributed by atoms with Gasteiger partial charge >= 0.3 is 0 Å². The van der Waals surface area contributed by atoms with Crippen molar-refractivity contribution < 1.29 is 0 Å². The molecule has 0 bridgehead atoms. The van der Waals surface area contributed by atoms with Gasteiger partial charge in [-0.05, 0) is 19.4 Å². The molecule has 76 valence electrons. The van der Waals surface area contributed by atoms with Crippen molar-refractivity contribution in [1.29, 1.82) is 0 Å². The smallest absolute Gasteiger partial charge is 0.113 e. The Morgan fingerprint density at radius 3 is 3.07 bits per heavy atom. The maximum Gasteiger partial charge on any atom is 0.113 e. The molecule has 2 nitrogen and oxygen atoms in total. The zero-order chi connectivity index (χ0) is 10.2. The summed E-state index contributed by atoms with van der Waals surface area (Å²) in [7, 11) is 0. The van der Waals surface area contributed by atoms with Gasteiger partial charge in [-0.3, -0.25) is 0 Å². The lowest BCUT2D eigenvalue weighted by Gasteiger charge is -2.00. The van der Waals surface area contributed by atoms with Crippen molar-refractivity contribution in [3.8, 4) is 12.3 Å². The second kappa shape index (κ2) is 6.83. The third kappa shape index (κ3) is 4.61. The first-order chi connectivity index (χ1) is 6.83. The normalized spacial score (nSPS) is 10.0. The Morgan fingerprint density at radius 2 is 2.43 bits per heavy atom. The van der Waals surface area contributed by atoms with Crippen LogP contribution >= 0.6 is 22.9 Å². The number of unbranched alkanes of at least 4 members (excludes halogenated alkanes) is 2. The fraction of sp³-hybridized carbons (Fsp3) is 0.500. The van der Waals surface area contributed by atoms with Gasteiger partial charge in [0.25, 0.3) is 0 Å². The van der Waals surface area contributed by atoms with Crippen LogP contribution in [0.2, 0.25) is 4.34 Å². The van der Waals surface area contributed by atoms with Crippen LogP contribution in [0.1, 0.15) is 24.3 Å². The SMILES string of the molecule is C#CCCCCNCc1ncc(Cl)s1. The molecule has 0 fully saturated rings. The molecule has 0 aliphatic carbocycles. The quantitative estimate of drug-likeness (QED) is 0.598. The summed E-state index contributed by atoms with van der Waals surface area (Å²) in [6, 6.07) is 0. The van der Waals surface area contributed by atoms with Crippen molar-refractivity contribution in [3.63, 3.8) is 0 Å². The van der Waals surface area contributed by atoms with Crippen LogP contribution in [0.4, 0.5) is 0 Å². The highest BCUT2D eigenvalue weighted by Gasteiger charge is 1.98. The molecule has 0 spiro atoms. The average molecular weight is 229 g/mol. The van der Waals surface area contributed by atoms with Gasteiger partial charge < -0.3 is 5.32 Å². The van der Waals surface area contributed by atoms with E-state index >= 15 is 0 Å². The molecular formula is C10H13ClN2S. The van der Waals surface area contributed by atoms with E-state index in [2.05, 4.69) is 16.2 Å². The number of terminal acetylenes is 1. The van der Waals surface area contributed by atoms with Crippen LogP contribution in [-0.4, -0.2) is 11.5 Å². The monoisotopic (exact) mass is 228 g/mol. The molecule has 0 aliphatic rings. The molecule has 0 aliphatic heterocycles. The number of thiazole rings is 1. The van der Waals surface area contributed by atoms with Crippen LogP contribution < -0.4 is 5.32 Å². The maximum atomic E-state index is 5.75. The lowest BCUT2D eigenvalue weighted by molar-refractivity contribution is 0.628. The Hall–Kier alpha value is -0.560. The molecule has 1 N–H and O–H groups in total. The van der Waals surface area contributed by atoms with Gasteiger partial charge in [-0.2, -0.15) is 0 Å². The number of hydrogen-bond donors (Lipinski definition) is 1. The van der Waals surface area contributed by atoms with Crippen LogP contribution in [-0.2, 0) is 6.54 Å². The van der Waals surface area contributed by atoms with Crippen LogP contribution in [0.25, 0.3) is 0 Å². The molecule has 0 amide bonds. The maximum absolute atomic E-state index is 5.75. The second-order valence-electron chi connectivity index (χ2n) is 2.90. The summed E-state index contributed by atoms with van der Waals surface area (Å²) in [5.41, 5.74) is 0. The van der Waals surface area contributed by atoms with Crippen molar-refractivity contribution in [2.75, 3.05) is 6.54 Å². The van der Waals surface area contributed by atoms with Gasteiger partial charge in [-0.25, -0.2) is 4.98 Å². The van der Waals surface area contributed by atoms with Gasteiger partial charge in [0, 0.05) is 13.0 Å². The van der Waals surface area contributed by atoms with Crippen molar-refractivity contribution >= 4 is 22.9 Å². The lowest BCUT2D eigenvalue weighted by atomic mass is 10.2. The Labute approximate surface area is 93.7 Å². The molecule has 0 saturated carbocycles. The van der Waals surface area contributed by atoms with Gasteiger partial charge in [0.15, 0.2) is 0 Å². The van der Waals surface area contributed by atoms with Gasteiger partial charge in [0.1, 0.15) is 9.34 Å². The molecular weight excluding hydrogens is 216 g/mol. The first-order valence-electron chi connectivity index (χ1n) is 4.57. The number of nitrogens with zero attached hydrogens (tertiary/aromatic N) is 1. The molecule has 0 radical (unpaired) electrons. The zero-order valence-electron chi connectivity index (χ0n) is 7.92. The Balaban J connectivity index is 2.02. The Morgan fingerprint density at radius 1 is 1.57 bits per heavy atom. The minimum absolute atomic E-state index is 0.745. The summed E-state index contributed by atoms with van der Waals surface area (Å²) in [5, 5.41) is 4.33. The van der Waals surface area contributed by atoms with Crippen molar-refractivity contribution in [2.24, 2.45) is 0 Å². The van der Waals surface area contributed by atoms with Crippen LogP contribution in [0, 0.1) is 12.3 Å². The Bertz CT molecular complexity index is 303. The van der Waals surface area contributed by atoms with Crippen molar-refractivity contribution in [2.45, 2.75) is 25.8 Å². The summed E-state index contributed by atoms with van der Waals surface area (Å²) in [6.45, 7) is 1.78. The van der Waals surface area contributed by atoms with E-state index in [0.717, 1.165) is 41.7 Å². The molecule has 1 rings (SSSR count). The number of aromatic nitrogens is 1. The summed E-state index contributed by atoms with van der Waals surface area (Å²) >= 11 is 7.26. The lowest BCUT2D eigenvalue weighted by Crippen LogP contribution is -2.14. The van der Waals surface area contributed by atoms with Gasteiger partial charge in [-0.1, -0.05) is 11.6 Å². The number of rotatable bonds is 6. The van der Waals surface area contributed by atoms with E-state index in [4.69, 9.17) is 18.0 Å². The molecule has 1 heterocycles. The standard InChI is InChI=1S/C10H13ClN2S/c1-2-3-4-5-6-12-8-10-13-7-9(11)14-10/h1,7,12H,3-6,8H2.